The van der Waals surface area contributed by atoms with E-state index in [2.05, 4.69) is 10.2 Å². The Balaban J connectivity index is 1.69. The van der Waals surface area contributed by atoms with Gasteiger partial charge in [-0.2, -0.15) is 0 Å². The van der Waals surface area contributed by atoms with Crippen LogP contribution in [0.25, 0.3) is 0 Å². The Labute approximate surface area is 99.9 Å². The van der Waals surface area contributed by atoms with Gasteiger partial charge in [0.2, 0.25) is 5.91 Å². The van der Waals surface area contributed by atoms with E-state index < -0.39 is 18.3 Å². The molecule has 2 unspecified atom stereocenters. The van der Waals surface area contributed by atoms with Crippen LogP contribution in [0.4, 0.5) is 0 Å². The smallest absolute Gasteiger partial charge is 0.312 e. The van der Waals surface area contributed by atoms with E-state index >= 15 is 0 Å². The Bertz CT molecular complexity index is 308. The third kappa shape index (κ3) is 3.41. The molecule has 0 spiro atoms. The second kappa shape index (κ2) is 5.46. The van der Waals surface area contributed by atoms with Gasteiger partial charge in [-0.3, -0.25) is 14.5 Å². The highest BCUT2D eigenvalue weighted by molar-refractivity contribution is 5.93. The van der Waals surface area contributed by atoms with Gasteiger partial charge in [0.15, 0.2) is 0 Å². The van der Waals surface area contributed by atoms with Crippen molar-refractivity contribution in [2.45, 2.75) is 31.4 Å². The van der Waals surface area contributed by atoms with E-state index in [4.69, 9.17) is 9.84 Å². The van der Waals surface area contributed by atoms with Gasteiger partial charge in [-0.25, -0.2) is 0 Å². The van der Waals surface area contributed by atoms with Gasteiger partial charge in [0.05, 0.1) is 12.7 Å². The number of carboxylic acid groups (broad SMARTS) is 1. The van der Waals surface area contributed by atoms with Crippen LogP contribution >= 0.6 is 0 Å². The summed E-state index contributed by atoms with van der Waals surface area (Å²) in [5.41, 5.74) is 0. The summed E-state index contributed by atoms with van der Waals surface area (Å²) in [6.07, 6.45) is 1.92. The minimum absolute atomic E-state index is 0.0119. The minimum atomic E-state index is -1.10. The maximum atomic E-state index is 11.2. The molecule has 0 saturated carbocycles. The van der Waals surface area contributed by atoms with Crippen LogP contribution in [0.3, 0.4) is 0 Å². The molecule has 0 aromatic rings. The van der Waals surface area contributed by atoms with Crippen LogP contribution < -0.4 is 5.32 Å². The highest BCUT2D eigenvalue weighted by Gasteiger charge is 2.32. The number of carboxylic acids is 1. The number of nitrogens with one attached hydrogen (secondary N) is 1. The average Bonchev–Trinajstić information content (AvgIpc) is 2.72. The molecule has 2 N–H and O–H groups in total. The zero-order valence-corrected chi connectivity index (χ0v) is 9.72. The van der Waals surface area contributed by atoms with Crippen molar-refractivity contribution >= 4 is 11.9 Å². The minimum Gasteiger partial charge on any atom is -0.481 e. The monoisotopic (exact) mass is 242 g/mol. The van der Waals surface area contributed by atoms with Crippen molar-refractivity contribution in [2.24, 2.45) is 0 Å². The van der Waals surface area contributed by atoms with Gasteiger partial charge in [0, 0.05) is 19.1 Å². The van der Waals surface area contributed by atoms with E-state index in [0.717, 1.165) is 19.7 Å². The molecule has 0 aliphatic carbocycles. The Kier molecular flexibility index (Phi) is 3.96. The zero-order valence-electron chi connectivity index (χ0n) is 9.72. The highest BCUT2D eigenvalue weighted by atomic mass is 16.5. The fourth-order valence-electron chi connectivity index (χ4n) is 2.44. The number of carbonyl (C=O) groups is 2. The van der Waals surface area contributed by atoms with E-state index in [-0.39, 0.29) is 6.10 Å². The Morgan fingerprint density at radius 2 is 2.29 bits per heavy atom. The summed E-state index contributed by atoms with van der Waals surface area (Å²) < 4.78 is 5.64. The molecule has 6 heteroatoms. The molecule has 2 atom stereocenters. The molecule has 2 heterocycles. The maximum Gasteiger partial charge on any atom is 0.312 e. The molecule has 2 fully saturated rings. The maximum absolute atomic E-state index is 11.2. The lowest BCUT2D eigenvalue weighted by Crippen LogP contribution is -2.50. The van der Waals surface area contributed by atoms with Crippen molar-refractivity contribution < 1.29 is 19.4 Å². The second-order valence-corrected chi connectivity index (χ2v) is 4.62. The molecule has 2 aliphatic heterocycles. The van der Waals surface area contributed by atoms with E-state index in [0.29, 0.717) is 12.6 Å². The van der Waals surface area contributed by atoms with Crippen LogP contribution in [-0.2, 0) is 14.3 Å². The SMILES string of the molecule is O=C(O)CC(=O)NCC1CN2CCCC2CO1. The summed E-state index contributed by atoms with van der Waals surface area (Å²) in [7, 11) is 0. The quantitative estimate of drug-likeness (QED) is 0.646. The number of amides is 1. The molecule has 96 valence electrons. The van der Waals surface area contributed by atoms with Gasteiger partial charge in [-0.15, -0.1) is 0 Å². The normalized spacial score (nSPS) is 28.7. The van der Waals surface area contributed by atoms with Gasteiger partial charge >= 0.3 is 5.97 Å². The first-order valence-electron chi connectivity index (χ1n) is 5.99. The number of hydrogen-bond acceptors (Lipinski definition) is 4. The summed E-state index contributed by atoms with van der Waals surface area (Å²) in [6.45, 7) is 3.06. The topological polar surface area (TPSA) is 78.9 Å². The number of hydrogen-bond donors (Lipinski definition) is 2. The van der Waals surface area contributed by atoms with Crippen molar-refractivity contribution in [1.29, 1.82) is 0 Å². The first-order chi connectivity index (χ1) is 8.15. The number of morpholine rings is 1. The van der Waals surface area contributed by atoms with Crippen molar-refractivity contribution in [3.05, 3.63) is 0 Å². The third-order valence-corrected chi connectivity index (χ3v) is 3.30. The second-order valence-electron chi connectivity index (χ2n) is 4.62. The summed E-state index contributed by atoms with van der Waals surface area (Å²) in [4.78, 5) is 23.9. The van der Waals surface area contributed by atoms with Crippen LogP contribution in [-0.4, -0.2) is 60.3 Å². The van der Waals surface area contributed by atoms with Gasteiger partial charge in [-0.05, 0) is 19.4 Å². The molecule has 0 radical (unpaired) electrons. The standard InChI is InChI=1S/C11H18N2O4/c14-10(4-11(15)16)12-5-9-6-13-3-1-2-8(13)7-17-9/h8-9H,1-7H2,(H,12,14)(H,15,16). The van der Waals surface area contributed by atoms with Crippen molar-refractivity contribution in [1.82, 2.24) is 10.2 Å². The number of rotatable bonds is 4. The Morgan fingerprint density at radius 3 is 3.06 bits per heavy atom. The van der Waals surface area contributed by atoms with Crippen molar-refractivity contribution in [3.63, 3.8) is 0 Å². The number of ether oxygens (including phenoxy) is 1. The zero-order chi connectivity index (χ0) is 12.3. The van der Waals surface area contributed by atoms with Gasteiger partial charge in [-0.1, -0.05) is 0 Å². The molecule has 1 amide bonds. The molecule has 6 nitrogen and oxygen atoms in total. The van der Waals surface area contributed by atoms with E-state index in [9.17, 15) is 9.59 Å². The van der Waals surface area contributed by atoms with Crippen LogP contribution in [0.15, 0.2) is 0 Å². The van der Waals surface area contributed by atoms with Crippen LogP contribution in [0.1, 0.15) is 19.3 Å². The molecule has 2 rings (SSSR count). The lowest BCUT2D eigenvalue weighted by molar-refractivity contribution is -0.141. The highest BCUT2D eigenvalue weighted by Crippen LogP contribution is 2.22. The van der Waals surface area contributed by atoms with E-state index in [1.54, 1.807) is 0 Å². The molecule has 17 heavy (non-hydrogen) atoms. The molecule has 0 aromatic carbocycles. The predicted octanol–water partition coefficient (Wildman–Crippen LogP) is -0.559. The van der Waals surface area contributed by atoms with Gasteiger partial charge in [0.1, 0.15) is 6.42 Å². The lowest BCUT2D eigenvalue weighted by atomic mass is 10.2. The lowest BCUT2D eigenvalue weighted by Gasteiger charge is -2.35. The van der Waals surface area contributed by atoms with Crippen LogP contribution in [0, 0.1) is 0 Å². The number of fused-ring (bicyclic) bond motifs is 1. The summed E-state index contributed by atoms with van der Waals surface area (Å²) >= 11 is 0. The van der Waals surface area contributed by atoms with Crippen molar-refractivity contribution in [3.8, 4) is 0 Å². The summed E-state index contributed by atoms with van der Waals surface area (Å²) in [5, 5.41) is 11.0. The fourth-order valence-corrected chi connectivity index (χ4v) is 2.44. The Morgan fingerprint density at radius 1 is 1.47 bits per heavy atom. The van der Waals surface area contributed by atoms with Crippen molar-refractivity contribution in [2.75, 3.05) is 26.2 Å². The third-order valence-electron chi connectivity index (χ3n) is 3.30. The van der Waals surface area contributed by atoms with Crippen LogP contribution in [0.2, 0.25) is 0 Å². The number of carbonyl (C=O) groups excluding carboxylic acids is 1. The first kappa shape index (κ1) is 12.3. The molecule has 2 saturated heterocycles. The fraction of sp³-hybridized carbons (Fsp3) is 0.818. The molecular formula is C11H18N2O4. The predicted molar refractivity (Wildman–Crippen MR) is 59.6 cm³/mol. The first-order valence-corrected chi connectivity index (χ1v) is 5.99. The number of aliphatic carboxylic acids is 1. The molecule has 0 bridgehead atoms. The van der Waals surface area contributed by atoms with E-state index in [1.807, 2.05) is 0 Å². The summed E-state index contributed by atoms with van der Waals surface area (Å²) in [5.74, 6) is -1.56. The van der Waals surface area contributed by atoms with E-state index in [1.165, 1.54) is 12.8 Å². The molecule has 2 aliphatic rings. The van der Waals surface area contributed by atoms with Gasteiger partial charge < -0.3 is 15.2 Å². The Hall–Kier alpha value is -1.14. The van der Waals surface area contributed by atoms with Crippen LogP contribution in [0.5, 0.6) is 0 Å². The largest absolute Gasteiger partial charge is 0.481 e. The number of nitrogens with zero attached hydrogens (tertiary/aromatic N) is 1. The average molecular weight is 242 g/mol. The van der Waals surface area contributed by atoms with Gasteiger partial charge in [0.25, 0.3) is 0 Å². The molecule has 0 aromatic heterocycles. The molecular weight excluding hydrogens is 224 g/mol. The summed E-state index contributed by atoms with van der Waals surface area (Å²) in [6, 6.07) is 0.543.